The molecule has 0 saturated carbocycles. The molecule has 0 aliphatic heterocycles. The summed E-state index contributed by atoms with van der Waals surface area (Å²) in [7, 11) is 0. The molecule has 3 aromatic heterocycles. The molecule has 5 heteroatoms. The van der Waals surface area contributed by atoms with Crippen LogP contribution >= 0.6 is 0 Å². The van der Waals surface area contributed by atoms with E-state index in [0.717, 1.165) is 77.8 Å². The number of aromatic nitrogens is 3. The molecule has 0 aliphatic carbocycles. The Morgan fingerprint density at radius 1 is 0.517 bits per heavy atom. The first kappa shape index (κ1) is 32.0. The van der Waals surface area contributed by atoms with Gasteiger partial charge in [-0.15, -0.1) is 0 Å². The van der Waals surface area contributed by atoms with Gasteiger partial charge in [-0.05, 0) is 101 Å². The van der Waals surface area contributed by atoms with Crippen molar-refractivity contribution in [2.45, 2.75) is 6.85 Å². The quantitative estimate of drug-likeness (QED) is 0.175. The number of aromatic hydroxyl groups is 1. The van der Waals surface area contributed by atoms with Crippen LogP contribution in [0, 0.1) is 6.85 Å². The zero-order chi connectivity index (χ0) is 42.7. The lowest BCUT2D eigenvalue weighted by Gasteiger charge is -2.16. The van der Waals surface area contributed by atoms with E-state index in [4.69, 9.17) is 18.5 Å². The first-order chi connectivity index (χ1) is 30.8. The Morgan fingerprint density at radius 2 is 1.22 bits per heavy atom. The average Bonchev–Trinajstić information content (AvgIpc) is 3.90. The minimum absolute atomic E-state index is 0.0712. The second kappa shape index (κ2) is 14.4. The van der Waals surface area contributed by atoms with Crippen molar-refractivity contribution >= 4 is 33.0 Å². The number of phenolic OH excluding ortho intramolecular Hbond substituents is 1. The number of rotatable bonds is 7. The molecule has 0 spiro atoms. The van der Waals surface area contributed by atoms with Gasteiger partial charge >= 0.3 is 0 Å². The third-order valence-corrected chi connectivity index (χ3v) is 11.3. The summed E-state index contributed by atoms with van der Waals surface area (Å²) >= 11 is 0. The van der Waals surface area contributed by atoms with E-state index in [2.05, 4.69) is 78.9 Å². The Bertz CT molecular complexity index is 3500. The second-order valence-corrected chi connectivity index (χ2v) is 14.9. The van der Waals surface area contributed by atoms with E-state index < -0.39 is 6.85 Å². The molecule has 11 rings (SSSR count). The van der Waals surface area contributed by atoms with Gasteiger partial charge in [-0.2, -0.15) is 0 Å². The molecule has 0 radical (unpaired) electrons. The molecule has 0 atom stereocenters. The van der Waals surface area contributed by atoms with Crippen LogP contribution in [0.4, 0.5) is 0 Å². The van der Waals surface area contributed by atoms with Gasteiger partial charge < -0.3 is 9.52 Å². The van der Waals surface area contributed by atoms with Gasteiger partial charge in [0.05, 0.1) is 28.0 Å². The minimum atomic E-state index is -2.32. The fourth-order valence-electron chi connectivity index (χ4n) is 8.45. The van der Waals surface area contributed by atoms with E-state index in [1.807, 2.05) is 102 Å². The van der Waals surface area contributed by atoms with Crippen LogP contribution in [0.15, 0.2) is 205 Å². The van der Waals surface area contributed by atoms with Gasteiger partial charge in [0.25, 0.3) is 0 Å². The number of benzene rings is 8. The van der Waals surface area contributed by atoms with Crippen LogP contribution in [-0.4, -0.2) is 19.6 Å². The molecule has 0 aliphatic rings. The molecule has 3 heterocycles. The Morgan fingerprint density at radius 3 is 2.02 bits per heavy atom. The monoisotopic (exact) mass is 774 g/mol. The SMILES string of the molecule is [2H]C([2H])([2H])c1ccc(-n2c(-c3ccccc3O)nc3c(-c4cc(-c5cc(-c6ccc(-c7ccccc7)cc6)ccn5)cc5oc6ccccc6c45)cccc32)c(-c2ccccc2)c1. The smallest absolute Gasteiger partial charge is 0.149 e. The highest BCUT2D eigenvalue weighted by atomic mass is 16.3. The van der Waals surface area contributed by atoms with Crippen molar-refractivity contribution in [2.24, 2.45) is 0 Å². The molecule has 8 aromatic carbocycles. The van der Waals surface area contributed by atoms with E-state index in [9.17, 15) is 5.11 Å². The third kappa shape index (κ3) is 6.03. The summed E-state index contributed by atoms with van der Waals surface area (Å²) in [6, 6.07) is 63.7. The van der Waals surface area contributed by atoms with E-state index in [0.29, 0.717) is 22.5 Å². The van der Waals surface area contributed by atoms with Crippen LogP contribution in [0.2, 0.25) is 0 Å². The van der Waals surface area contributed by atoms with E-state index in [-0.39, 0.29) is 11.3 Å². The average molecular weight is 775 g/mol. The topological polar surface area (TPSA) is 64.1 Å². The van der Waals surface area contributed by atoms with Gasteiger partial charge in [0.2, 0.25) is 0 Å². The molecule has 0 amide bonds. The maximum absolute atomic E-state index is 11.4. The van der Waals surface area contributed by atoms with E-state index in [1.54, 1.807) is 24.3 Å². The number of hydrogen-bond donors (Lipinski definition) is 1. The molecular formula is C55H37N3O2. The highest BCUT2D eigenvalue weighted by molar-refractivity contribution is 6.16. The first-order valence-electron chi connectivity index (χ1n) is 21.4. The third-order valence-electron chi connectivity index (χ3n) is 11.3. The van der Waals surface area contributed by atoms with Crippen molar-refractivity contribution in [1.82, 2.24) is 14.5 Å². The summed E-state index contributed by atoms with van der Waals surface area (Å²) in [5.41, 5.74) is 13.9. The molecule has 1 N–H and O–H groups in total. The molecule has 11 aromatic rings. The normalized spacial score (nSPS) is 12.4. The number of furan rings is 1. The van der Waals surface area contributed by atoms with Crippen LogP contribution in [-0.2, 0) is 0 Å². The molecular weight excluding hydrogens is 735 g/mol. The van der Waals surface area contributed by atoms with Crippen molar-refractivity contribution in [3.63, 3.8) is 0 Å². The van der Waals surface area contributed by atoms with Crippen molar-refractivity contribution in [2.75, 3.05) is 0 Å². The summed E-state index contributed by atoms with van der Waals surface area (Å²) in [5.74, 6) is 0.577. The number of hydrogen-bond acceptors (Lipinski definition) is 4. The number of imidazole rings is 1. The van der Waals surface area contributed by atoms with Crippen LogP contribution in [0.5, 0.6) is 5.75 Å². The maximum atomic E-state index is 11.4. The molecule has 284 valence electrons. The fourth-order valence-corrected chi connectivity index (χ4v) is 8.45. The summed E-state index contributed by atoms with van der Waals surface area (Å²) < 4.78 is 33.5. The van der Waals surface area contributed by atoms with Gasteiger partial charge in [-0.25, -0.2) is 4.98 Å². The summed E-state index contributed by atoms with van der Waals surface area (Å²) in [5, 5.41) is 13.3. The van der Waals surface area contributed by atoms with E-state index >= 15 is 0 Å². The van der Waals surface area contributed by atoms with Crippen LogP contribution in [0.3, 0.4) is 0 Å². The predicted octanol–water partition coefficient (Wildman–Crippen LogP) is 14.3. The second-order valence-electron chi connectivity index (χ2n) is 14.9. The lowest BCUT2D eigenvalue weighted by atomic mass is 9.94. The number of fused-ring (bicyclic) bond motifs is 4. The lowest BCUT2D eigenvalue weighted by Crippen LogP contribution is -2.01. The van der Waals surface area contributed by atoms with Crippen LogP contribution in [0.1, 0.15) is 9.68 Å². The molecule has 0 bridgehead atoms. The van der Waals surface area contributed by atoms with Gasteiger partial charge in [0, 0.05) is 37.8 Å². The van der Waals surface area contributed by atoms with Gasteiger partial charge in [-0.3, -0.25) is 9.55 Å². The Balaban J connectivity index is 1.14. The number of para-hydroxylation sites is 3. The number of nitrogens with zero attached hydrogens (tertiary/aromatic N) is 3. The summed E-state index contributed by atoms with van der Waals surface area (Å²) in [4.78, 5) is 10.3. The van der Waals surface area contributed by atoms with Gasteiger partial charge in [-0.1, -0.05) is 139 Å². The lowest BCUT2D eigenvalue weighted by molar-refractivity contribution is 0.477. The van der Waals surface area contributed by atoms with Crippen LogP contribution < -0.4 is 0 Å². The van der Waals surface area contributed by atoms with Gasteiger partial charge in [0.15, 0.2) is 0 Å². The molecule has 0 fully saturated rings. The maximum Gasteiger partial charge on any atom is 0.149 e. The minimum Gasteiger partial charge on any atom is -0.507 e. The first-order valence-corrected chi connectivity index (χ1v) is 19.9. The number of aryl methyl sites for hydroxylation is 1. The van der Waals surface area contributed by atoms with Gasteiger partial charge in [0.1, 0.15) is 22.7 Å². The Labute approximate surface area is 351 Å². The summed E-state index contributed by atoms with van der Waals surface area (Å²) in [6.45, 7) is -2.32. The number of pyridine rings is 1. The number of phenols is 1. The summed E-state index contributed by atoms with van der Waals surface area (Å²) in [6.07, 6.45) is 1.85. The highest BCUT2D eigenvalue weighted by Gasteiger charge is 2.24. The van der Waals surface area contributed by atoms with Crippen molar-refractivity contribution < 1.29 is 13.6 Å². The predicted molar refractivity (Wildman–Crippen MR) is 245 cm³/mol. The molecule has 60 heavy (non-hydrogen) atoms. The van der Waals surface area contributed by atoms with Crippen LogP contribution in [0.25, 0.3) is 106 Å². The van der Waals surface area contributed by atoms with Crippen molar-refractivity contribution in [3.05, 3.63) is 206 Å². The van der Waals surface area contributed by atoms with Crippen molar-refractivity contribution in [1.29, 1.82) is 0 Å². The molecule has 5 nitrogen and oxygen atoms in total. The highest BCUT2D eigenvalue weighted by Crippen LogP contribution is 2.45. The Kier molecular flexibility index (Phi) is 7.69. The van der Waals surface area contributed by atoms with E-state index in [1.165, 1.54) is 5.56 Å². The standard InChI is InChI=1S/C55H37N3O2/c1-35-23-28-48(45(31-35)39-15-6-3-7-16-39)58-49-20-12-19-42(54(49)57-55(58)43-17-8-10-21-50(43)59)46-32-41(34-52-53(46)44-18-9-11-22-51(44)60-52)47-33-40(29-30-56-47)38-26-24-37(25-27-38)36-13-4-2-5-14-36/h2-34,59H,1H3/i1D3. The molecule has 0 saturated heterocycles. The Hall–Kier alpha value is -8.02. The zero-order valence-corrected chi connectivity index (χ0v) is 32.2. The van der Waals surface area contributed by atoms with Crippen molar-refractivity contribution in [3.8, 4) is 78.6 Å². The largest absolute Gasteiger partial charge is 0.507 e. The fraction of sp³-hybridized carbons (Fsp3) is 0.0182. The zero-order valence-electron chi connectivity index (χ0n) is 35.2. The molecule has 0 unspecified atom stereocenters.